The molecule has 15 heavy (non-hydrogen) atoms. The molecule has 2 rings (SSSR count). The second-order valence-corrected chi connectivity index (χ2v) is 4.21. The van der Waals surface area contributed by atoms with E-state index < -0.39 is 11.9 Å². The van der Waals surface area contributed by atoms with Crippen LogP contribution in [0.25, 0.3) is 0 Å². The normalized spacial score (nSPS) is 26.5. The minimum Gasteiger partial charge on any atom is -0.481 e. The highest BCUT2D eigenvalue weighted by atomic mass is 16.4. The van der Waals surface area contributed by atoms with Crippen LogP contribution in [0, 0.1) is 11.8 Å². The summed E-state index contributed by atoms with van der Waals surface area (Å²) >= 11 is 0. The van der Waals surface area contributed by atoms with Gasteiger partial charge >= 0.3 is 5.97 Å². The third-order valence-corrected chi connectivity index (χ3v) is 3.19. The van der Waals surface area contributed by atoms with Gasteiger partial charge in [0.15, 0.2) is 0 Å². The molecule has 1 atom stereocenters. The van der Waals surface area contributed by atoms with E-state index in [-0.39, 0.29) is 30.7 Å². The molecule has 2 fully saturated rings. The summed E-state index contributed by atoms with van der Waals surface area (Å²) < 4.78 is 0. The largest absolute Gasteiger partial charge is 0.481 e. The summed E-state index contributed by atoms with van der Waals surface area (Å²) in [6, 6.07) is 0. The maximum absolute atomic E-state index is 11.7. The molecule has 5 heteroatoms. The number of carboxylic acid groups (broad SMARTS) is 1. The zero-order valence-corrected chi connectivity index (χ0v) is 8.31. The lowest BCUT2D eigenvalue weighted by molar-refractivity contribution is -0.146. The van der Waals surface area contributed by atoms with Crippen LogP contribution in [-0.2, 0) is 14.4 Å². The van der Waals surface area contributed by atoms with Crippen LogP contribution in [0.4, 0.5) is 0 Å². The molecule has 0 aromatic carbocycles. The first-order valence-corrected chi connectivity index (χ1v) is 5.16. The van der Waals surface area contributed by atoms with Crippen LogP contribution < -0.4 is 0 Å². The van der Waals surface area contributed by atoms with Crippen LogP contribution in [0.3, 0.4) is 0 Å². The van der Waals surface area contributed by atoms with Gasteiger partial charge in [-0.05, 0) is 12.8 Å². The van der Waals surface area contributed by atoms with Crippen molar-refractivity contribution in [2.24, 2.45) is 11.8 Å². The molecule has 0 spiro atoms. The highest BCUT2D eigenvalue weighted by molar-refractivity contribution is 6.00. The van der Waals surface area contributed by atoms with E-state index in [2.05, 4.69) is 0 Å². The van der Waals surface area contributed by atoms with Crippen molar-refractivity contribution in [1.82, 2.24) is 4.90 Å². The van der Waals surface area contributed by atoms with Gasteiger partial charge in [-0.2, -0.15) is 0 Å². The summed E-state index contributed by atoms with van der Waals surface area (Å²) in [6.45, 7) is 0.0590. The Morgan fingerprint density at radius 1 is 1.27 bits per heavy atom. The number of carboxylic acids is 1. The number of nitrogens with zero attached hydrogens (tertiary/aromatic N) is 1. The minimum absolute atomic E-state index is 0.0339. The van der Waals surface area contributed by atoms with Crippen molar-refractivity contribution in [3.05, 3.63) is 0 Å². The van der Waals surface area contributed by atoms with E-state index >= 15 is 0 Å². The molecule has 0 aromatic heterocycles. The Hall–Kier alpha value is -1.39. The molecular formula is C10H13NO4. The average molecular weight is 211 g/mol. The predicted octanol–water partition coefficient (Wildman–Crippen LogP) is 0.246. The van der Waals surface area contributed by atoms with Crippen LogP contribution in [0.15, 0.2) is 0 Å². The Morgan fingerprint density at radius 3 is 2.33 bits per heavy atom. The Labute approximate surface area is 87.1 Å². The summed E-state index contributed by atoms with van der Waals surface area (Å²) in [4.78, 5) is 34.9. The fraction of sp³-hybridized carbons (Fsp3) is 0.700. The molecule has 2 amide bonds. The zero-order valence-electron chi connectivity index (χ0n) is 8.31. The first kappa shape index (κ1) is 10.1. The lowest BCUT2D eigenvalue weighted by atomic mass is 9.84. The zero-order chi connectivity index (χ0) is 11.0. The van der Waals surface area contributed by atoms with Gasteiger partial charge in [-0.15, -0.1) is 0 Å². The van der Waals surface area contributed by atoms with Gasteiger partial charge in [0.25, 0.3) is 0 Å². The van der Waals surface area contributed by atoms with E-state index in [9.17, 15) is 14.4 Å². The number of hydrogen-bond donors (Lipinski definition) is 1. The van der Waals surface area contributed by atoms with Gasteiger partial charge in [0.1, 0.15) is 0 Å². The van der Waals surface area contributed by atoms with Gasteiger partial charge in [-0.1, -0.05) is 6.42 Å². The Bertz CT molecular complexity index is 321. The Kier molecular flexibility index (Phi) is 2.46. The molecule has 2 aliphatic rings. The molecule has 0 aromatic rings. The first-order valence-electron chi connectivity index (χ1n) is 5.16. The second-order valence-electron chi connectivity index (χ2n) is 4.21. The summed E-state index contributed by atoms with van der Waals surface area (Å²) in [5.41, 5.74) is 0. The lowest BCUT2D eigenvalue weighted by Gasteiger charge is -2.27. The lowest BCUT2D eigenvalue weighted by Crippen LogP contribution is -2.40. The molecule has 1 saturated heterocycles. The van der Waals surface area contributed by atoms with E-state index in [1.807, 2.05) is 0 Å². The summed E-state index contributed by atoms with van der Waals surface area (Å²) in [5.74, 6) is -2.25. The molecule has 0 bridgehead atoms. The molecule has 1 heterocycles. The van der Waals surface area contributed by atoms with Crippen LogP contribution in [0.2, 0.25) is 0 Å². The summed E-state index contributed by atoms with van der Waals surface area (Å²) in [6.07, 6.45) is 2.66. The molecule has 1 unspecified atom stereocenters. The highest BCUT2D eigenvalue weighted by Crippen LogP contribution is 2.30. The van der Waals surface area contributed by atoms with E-state index in [0.717, 1.165) is 24.2 Å². The van der Waals surface area contributed by atoms with Crippen molar-refractivity contribution in [3.8, 4) is 0 Å². The van der Waals surface area contributed by atoms with Crippen molar-refractivity contribution in [3.63, 3.8) is 0 Å². The number of likely N-dealkylation sites (tertiary alicyclic amines) is 1. The van der Waals surface area contributed by atoms with Gasteiger partial charge in [0.05, 0.1) is 5.92 Å². The maximum Gasteiger partial charge on any atom is 0.308 e. The van der Waals surface area contributed by atoms with E-state index in [1.165, 1.54) is 0 Å². The number of imide groups is 1. The number of hydrogen-bond acceptors (Lipinski definition) is 3. The fourth-order valence-corrected chi connectivity index (χ4v) is 1.96. The molecule has 1 aliphatic carbocycles. The molecule has 82 valence electrons. The van der Waals surface area contributed by atoms with Gasteiger partial charge in [0.2, 0.25) is 11.8 Å². The monoisotopic (exact) mass is 211 g/mol. The van der Waals surface area contributed by atoms with Crippen molar-refractivity contribution in [2.75, 3.05) is 6.54 Å². The van der Waals surface area contributed by atoms with Crippen LogP contribution in [-0.4, -0.2) is 34.3 Å². The number of aliphatic carboxylic acids is 1. The number of rotatable bonds is 2. The number of carbonyl (C=O) groups is 3. The van der Waals surface area contributed by atoms with Crippen molar-refractivity contribution in [1.29, 1.82) is 0 Å². The van der Waals surface area contributed by atoms with E-state index in [0.29, 0.717) is 0 Å². The van der Waals surface area contributed by atoms with Crippen molar-refractivity contribution < 1.29 is 19.5 Å². The smallest absolute Gasteiger partial charge is 0.308 e. The third-order valence-electron chi connectivity index (χ3n) is 3.19. The highest BCUT2D eigenvalue weighted by Gasteiger charge is 2.41. The Morgan fingerprint density at radius 2 is 1.93 bits per heavy atom. The van der Waals surface area contributed by atoms with Crippen LogP contribution >= 0.6 is 0 Å². The Balaban J connectivity index is 2.01. The quantitative estimate of drug-likeness (QED) is 0.664. The van der Waals surface area contributed by atoms with Gasteiger partial charge < -0.3 is 5.11 Å². The first-order chi connectivity index (χ1) is 7.09. The fourth-order valence-electron chi connectivity index (χ4n) is 1.96. The molecule has 0 radical (unpaired) electrons. The van der Waals surface area contributed by atoms with Crippen LogP contribution in [0.1, 0.15) is 25.7 Å². The molecule has 1 aliphatic heterocycles. The number of amides is 2. The third kappa shape index (κ3) is 1.73. The topological polar surface area (TPSA) is 74.7 Å². The van der Waals surface area contributed by atoms with Gasteiger partial charge in [-0.25, -0.2) is 0 Å². The summed E-state index contributed by atoms with van der Waals surface area (Å²) in [7, 11) is 0. The average Bonchev–Trinajstić information content (AvgIpc) is 2.44. The molecule has 1 saturated carbocycles. The SMILES string of the molecule is O=C(O)C1CC(=O)N(C(=O)C2CCC2)C1. The standard InChI is InChI=1S/C10H13NO4/c12-8-4-7(10(14)15)5-11(8)9(13)6-2-1-3-6/h6-7H,1-5H2,(H,14,15). The van der Waals surface area contributed by atoms with E-state index in [4.69, 9.17) is 5.11 Å². The van der Waals surface area contributed by atoms with E-state index in [1.54, 1.807) is 0 Å². The van der Waals surface area contributed by atoms with Crippen LogP contribution in [0.5, 0.6) is 0 Å². The van der Waals surface area contributed by atoms with Crippen molar-refractivity contribution in [2.45, 2.75) is 25.7 Å². The molecular weight excluding hydrogens is 198 g/mol. The van der Waals surface area contributed by atoms with Gasteiger partial charge in [0, 0.05) is 18.9 Å². The molecule has 1 N–H and O–H groups in total. The minimum atomic E-state index is -0.993. The second kappa shape index (κ2) is 3.64. The summed E-state index contributed by atoms with van der Waals surface area (Å²) in [5, 5.41) is 8.75. The maximum atomic E-state index is 11.7. The number of carbonyl (C=O) groups excluding carboxylic acids is 2. The predicted molar refractivity (Wildman–Crippen MR) is 49.8 cm³/mol. The van der Waals surface area contributed by atoms with Gasteiger partial charge in [-0.3, -0.25) is 19.3 Å². The molecule has 5 nitrogen and oxygen atoms in total. The van der Waals surface area contributed by atoms with Crippen molar-refractivity contribution >= 4 is 17.8 Å².